The normalized spacial score (nSPS) is 17.5. The lowest BCUT2D eigenvalue weighted by Crippen LogP contribution is -2.25. The molecule has 0 saturated carbocycles. The van der Waals surface area contributed by atoms with Gasteiger partial charge in [0.25, 0.3) is 0 Å². The van der Waals surface area contributed by atoms with Crippen molar-refractivity contribution in [3.63, 3.8) is 0 Å². The van der Waals surface area contributed by atoms with Gasteiger partial charge in [0.2, 0.25) is 5.91 Å². The van der Waals surface area contributed by atoms with E-state index in [-0.39, 0.29) is 11.2 Å². The molecular weight excluding hydrogens is 398 g/mol. The molecule has 7 heteroatoms. The minimum absolute atomic E-state index is 0.0499. The number of rotatable bonds is 10. The van der Waals surface area contributed by atoms with Crippen LogP contribution in [0, 0.1) is 0 Å². The fraction of sp³-hybridized carbons (Fsp3) is 0.348. The summed E-state index contributed by atoms with van der Waals surface area (Å²) in [6.45, 7) is 5.39. The molecule has 3 rings (SSSR count). The number of hydrogen-bond acceptors (Lipinski definition) is 6. The zero-order valence-electron chi connectivity index (χ0n) is 17.3. The molecule has 2 aromatic carbocycles. The average Bonchev–Trinajstić information content (AvgIpc) is 3.10. The van der Waals surface area contributed by atoms with E-state index in [2.05, 4.69) is 22.4 Å². The number of hydrogen-bond donors (Lipinski definition) is 1. The van der Waals surface area contributed by atoms with Crippen LogP contribution in [-0.4, -0.2) is 35.8 Å². The molecule has 1 fully saturated rings. The third-order valence-corrected chi connectivity index (χ3v) is 5.52. The Morgan fingerprint density at radius 1 is 1.10 bits per heavy atom. The summed E-state index contributed by atoms with van der Waals surface area (Å²) < 4.78 is 11.3. The molecule has 1 aliphatic heterocycles. The molecule has 6 nitrogen and oxygen atoms in total. The van der Waals surface area contributed by atoms with Crippen LogP contribution in [0.5, 0.6) is 11.5 Å². The largest absolute Gasteiger partial charge is 0.494 e. The second-order valence-corrected chi connectivity index (χ2v) is 7.96. The van der Waals surface area contributed by atoms with E-state index >= 15 is 0 Å². The second kappa shape index (κ2) is 11.4. The van der Waals surface area contributed by atoms with Gasteiger partial charge in [0, 0.05) is 5.56 Å². The van der Waals surface area contributed by atoms with Crippen LogP contribution in [0.3, 0.4) is 0 Å². The summed E-state index contributed by atoms with van der Waals surface area (Å²) >= 11 is 1.40. The standard InChI is InChI=1S/C23H27N3O3S/c1-3-5-14-29-20-9-7-6-8-18(20)16-24-26-23-25-22(27)21(30-23)15-17-10-12-19(13-11-17)28-4-2/h6-13,16,21H,3-5,14-15H2,1-2H3,(H,25,26,27)/b24-16+. The number of ether oxygens (including phenoxy) is 2. The summed E-state index contributed by atoms with van der Waals surface area (Å²) in [5.41, 5.74) is 1.94. The lowest BCUT2D eigenvalue weighted by Gasteiger charge is -2.07. The molecule has 1 atom stereocenters. The predicted molar refractivity (Wildman–Crippen MR) is 123 cm³/mol. The molecule has 1 amide bonds. The van der Waals surface area contributed by atoms with Crippen molar-refractivity contribution >= 4 is 29.1 Å². The fourth-order valence-corrected chi connectivity index (χ4v) is 3.84. The molecule has 1 saturated heterocycles. The Kier molecular flexibility index (Phi) is 8.32. The van der Waals surface area contributed by atoms with Crippen LogP contribution in [0.15, 0.2) is 58.7 Å². The highest BCUT2D eigenvalue weighted by Gasteiger charge is 2.30. The lowest BCUT2D eigenvalue weighted by molar-refractivity contribution is -0.118. The highest BCUT2D eigenvalue weighted by molar-refractivity contribution is 8.15. The van der Waals surface area contributed by atoms with Crippen LogP contribution in [0.4, 0.5) is 0 Å². The van der Waals surface area contributed by atoms with E-state index in [1.165, 1.54) is 11.8 Å². The fourth-order valence-electron chi connectivity index (χ4n) is 2.88. The van der Waals surface area contributed by atoms with Gasteiger partial charge in [0.15, 0.2) is 5.17 Å². The Morgan fingerprint density at radius 2 is 1.90 bits per heavy atom. The molecule has 158 valence electrons. The number of benzene rings is 2. The number of nitrogens with zero attached hydrogens (tertiary/aromatic N) is 2. The predicted octanol–water partition coefficient (Wildman–Crippen LogP) is 4.43. The van der Waals surface area contributed by atoms with E-state index in [9.17, 15) is 4.79 Å². The van der Waals surface area contributed by atoms with Crippen molar-refractivity contribution in [3.05, 3.63) is 59.7 Å². The summed E-state index contributed by atoms with van der Waals surface area (Å²) in [6, 6.07) is 15.5. The van der Waals surface area contributed by atoms with Gasteiger partial charge in [-0.1, -0.05) is 49.4 Å². The first-order valence-corrected chi connectivity index (χ1v) is 11.1. The van der Waals surface area contributed by atoms with Crippen LogP contribution in [0.1, 0.15) is 37.8 Å². The first-order valence-electron chi connectivity index (χ1n) is 10.2. The highest BCUT2D eigenvalue weighted by atomic mass is 32.2. The molecule has 1 heterocycles. The van der Waals surface area contributed by atoms with Crippen molar-refractivity contribution in [2.75, 3.05) is 13.2 Å². The minimum atomic E-state index is -0.221. The van der Waals surface area contributed by atoms with E-state index < -0.39 is 0 Å². The Balaban J connectivity index is 1.58. The summed E-state index contributed by atoms with van der Waals surface area (Å²) in [5, 5.41) is 11.4. The Labute approximate surface area is 181 Å². The van der Waals surface area contributed by atoms with Crippen molar-refractivity contribution < 1.29 is 14.3 Å². The van der Waals surface area contributed by atoms with Gasteiger partial charge in [0.05, 0.1) is 24.7 Å². The molecule has 1 unspecified atom stereocenters. The second-order valence-electron chi connectivity index (χ2n) is 6.77. The summed E-state index contributed by atoms with van der Waals surface area (Å²) in [7, 11) is 0. The molecule has 0 spiro atoms. The van der Waals surface area contributed by atoms with Gasteiger partial charge in [-0.15, -0.1) is 5.10 Å². The van der Waals surface area contributed by atoms with Crippen LogP contribution >= 0.6 is 11.8 Å². The van der Waals surface area contributed by atoms with Crippen LogP contribution in [-0.2, 0) is 11.2 Å². The van der Waals surface area contributed by atoms with E-state index in [1.807, 2.05) is 55.5 Å². The molecule has 2 aromatic rings. The lowest BCUT2D eigenvalue weighted by atomic mass is 10.1. The Morgan fingerprint density at radius 3 is 2.67 bits per heavy atom. The number of nitrogens with one attached hydrogen (secondary N) is 1. The first-order chi connectivity index (χ1) is 14.7. The van der Waals surface area contributed by atoms with Crippen molar-refractivity contribution in [2.45, 2.75) is 38.4 Å². The van der Waals surface area contributed by atoms with Crippen molar-refractivity contribution in [1.29, 1.82) is 0 Å². The number of thioether (sulfide) groups is 1. The van der Waals surface area contributed by atoms with Gasteiger partial charge in [-0.25, -0.2) is 0 Å². The number of carbonyl (C=O) groups is 1. The van der Waals surface area contributed by atoms with Gasteiger partial charge in [-0.3, -0.25) is 4.79 Å². The van der Waals surface area contributed by atoms with Crippen LogP contribution in [0.25, 0.3) is 0 Å². The van der Waals surface area contributed by atoms with Crippen molar-refractivity contribution in [2.24, 2.45) is 10.2 Å². The highest BCUT2D eigenvalue weighted by Crippen LogP contribution is 2.24. The van der Waals surface area contributed by atoms with Crippen LogP contribution in [0.2, 0.25) is 0 Å². The van der Waals surface area contributed by atoms with Crippen molar-refractivity contribution in [1.82, 2.24) is 5.32 Å². The number of amides is 1. The average molecular weight is 426 g/mol. The first kappa shape index (κ1) is 21.9. The number of amidine groups is 1. The number of unbranched alkanes of at least 4 members (excludes halogenated alkanes) is 1. The molecule has 0 aliphatic carbocycles. The summed E-state index contributed by atoms with van der Waals surface area (Å²) in [4.78, 5) is 12.3. The maximum absolute atomic E-state index is 12.3. The van der Waals surface area contributed by atoms with Gasteiger partial charge < -0.3 is 14.8 Å². The van der Waals surface area contributed by atoms with Gasteiger partial charge >= 0.3 is 0 Å². The van der Waals surface area contributed by atoms with Gasteiger partial charge in [-0.2, -0.15) is 5.10 Å². The summed E-state index contributed by atoms with van der Waals surface area (Å²) in [6.07, 6.45) is 4.37. The molecule has 1 aliphatic rings. The molecule has 0 aromatic heterocycles. The summed E-state index contributed by atoms with van der Waals surface area (Å²) in [5.74, 6) is 1.57. The molecule has 30 heavy (non-hydrogen) atoms. The van der Waals surface area contributed by atoms with E-state index in [1.54, 1.807) is 6.21 Å². The quantitative estimate of drug-likeness (QED) is 0.347. The topological polar surface area (TPSA) is 72.3 Å². The third kappa shape index (κ3) is 6.35. The zero-order valence-corrected chi connectivity index (χ0v) is 18.2. The van der Waals surface area contributed by atoms with E-state index in [0.717, 1.165) is 35.5 Å². The molecule has 1 N–H and O–H groups in total. The number of carbonyl (C=O) groups excluding carboxylic acids is 1. The maximum atomic E-state index is 12.3. The van der Waals surface area contributed by atoms with Gasteiger partial charge in [-0.05, 0) is 49.6 Å². The number of para-hydroxylation sites is 1. The minimum Gasteiger partial charge on any atom is -0.494 e. The zero-order chi connectivity index (χ0) is 21.2. The van der Waals surface area contributed by atoms with Gasteiger partial charge in [0.1, 0.15) is 11.5 Å². The third-order valence-electron chi connectivity index (χ3n) is 4.45. The maximum Gasteiger partial charge on any atom is 0.239 e. The van der Waals surface area contributed by atoms with E-state index in [4.69, 9.17) is 9.47 Å². The SMILES string of the molecule is CCCCOc1ccccc1/C=N/N=C1\NC(=O)C(Cc2ccc(OCC)cc2)S1. The van der Waals surface area contributed by atoms with Crippen molar-refractivity contribution in [3.8, 4) is 11.5 Å². The smallest absolute Gasteiger partial charge is 0.239 e. The molecule has 0 bridgehead atoms. The monoisotopic (exact) mass is 425 g/mol. The Bertz CT molecular complexity index is 897. The van der Waals surface area contributed by atoms with Crippen LogP contribution < -0.4 is 14.8 Å². The van der Waals surface area contributed by atoms with E-state index in [0.29, 0.717) is 24.8 Å². The Hall–Kier alpha value is -2.80. The molecule has 0 radical (unpaired) electrons. The molecular formula is C23H27N3O3S.